The lowest BCUT2D eigenvalue weighted by Crippen LogP contribution is -2.50. The van der Waals surface area contributed by atoms with Crippen molar-refractivity contribution in [1.29, 1.82) is 0 Å². The number of rotatable bonds is 2. The molecule has 7 heteroatoms. The van der Waals surface area contributed by atoms with Gasteiger partial charge >= 0.3 is 6.03 Å². The fourth-order valence-electron chi connectivity index (χ4n) is 2.40. The average Bonchev–Trinajstić information content (AvgIpc) is 3.09. The van der Waals surface area contributed by atoms with Crippen molar-refractivity contribution in [3.05, 3.63) is 36.9 Å². The molecule has 0 atom stereocenters. The van der Waals surface area contributed by atoms with Crippen molar-refractivity contribution in [3.63, 3.8) is 0 Å². The van der Waals surface area contributed by atoms with Crippen LogP contribution in [0, 0.1) is 0 Å². The third-order valence-corrected chi connectivity index (χ3v) is 3.60. The van der Waals surface area contributed by atoms with Crippen LogP contribution in [0.5, 0.6) is 5.75 Å². The Balaban J connectivity index is 1.60. The van der Waals surface area contributed by atoms with Gasteiger partial charge in [0.15, 0.2) is 0 Å². The molecular weight excluding hydrogens is 270 g/mol. The fraction of sp³-hybridized carbons (Fsp3) is 0.357. The number of benzene rings is 1. The van der Waals surface area contributed by atoms with Crippen LogP contribution in [0.2, 0.25) is 0 Å². The summed E-state index contributed by atoms with van der Waals surface area (Å²) < 4.78 is 6.43. The van der Waals surface area contributed by atoms with E-state index in [0.29, 0.717) is 13.1 Å². The number of hydrogen-bond acceptors (Lipinski definition) is 5. The highest BCUT2D eigenvalue weighted by atomic mass is 16.5. The van der Waals surface area contributed by atoms with Gasteiger partial charge in [0.2, 0.25) is 0 Å². The van der Waals surface area contributed by atoms with Crippen molar-refractivity contribution in [1.82, 2.24) is 19.7 Å². The Bertz CT molecular complexity index is 588. The minimum Gasteiger partial charge on any atom is -0.497 e. The lowest BCUT2D eigenvalue weighted by molar-refractivity contribution is 0.192. The molecule has 3 rings (SSSR count). The summed E-state index contributed by atoms with van der Waals surface area (Å²) in [6, 6.07) is 7.84. The average molecular weight is 287 g/mol. The van der Waals surface area contributed by atoms with Crippen LogP contribution in [0.15, 0.2) is 36.9 Å². The zero-order chi connectivity index (χ0) is 14.7. The molecule has 0 spiro atoms. The number of nitrogens with zero attached hydrogens (tertiary/aromatic N) is 5. The predicted molar refractivity (Wildman–Crippen MR) is 77.6 cm³/mol. The lowest BCUT2D eigenvalue weighted by atomic mass is 10.2. The van der Waals surface area contributed by atoms with Crippen LogP contribution in [0.4, 0.5) is 10.5 Å². The van der Waals surface area contributed by atoms with E-state index in [1.165, 1.54) is 17.3 Å². The third kappa shape index (κ3) is 2.81. The van der Waals surface area contributed by atoms with Crippen LogP contribution in [0.1, 0.15) is 0 Å². The van der Waals surface area contributed by atoms with E-state index in [1.807, 2.05) is 24.3 Å². The zero-order valence-electron chi connectivity index (χ0n) is 11.8. The van der Waals surface area contributed by atoms with Gasteiger partial charge in [0, 0.05) is 31.9 Å². The van der Waals surface area contributed by atoms with Crippen molar-refractivity contribution < 1.29 is 9.53 Å². The van der Waals surface area contributed by atoms with Gasteiger partial charge in [0.1, 0.15) is 18.4 Å². The van der Waals surface area contributed by atoms with Crippen LogP contribution in [-0.2, 0) is 0 Å². The number of carbonyl (C=O) groups excluding carboxylic acids is 1. The third-order valence-electron chi connectivity index (χ3n) is 3.60. The Labute approximate surface area is 122 Å². The van der Waals surface area contributed by atoms with Crippen molar-refractivity contribution in [3.8, 4) is 5.75 Å². The minimum absolute atomic E-state index is 0.123. The van der Waals surface area contributed by atoms with Crippen LogP contribution >= 0.6 is 0 Å². The van der Waals surface area contributed by atoms with Crippen LogP contribution < -0.4 is 9.64 Å². The molecule has 1 fully saturated rings. The predicted octanol–water partition coefficient (Wildman–Crippen LogP) is 1.08. The first kappa shape index (κ1) is 13.4. The normalized spacial score (nSPS) is 15.1. The zero-order valence-corrected chi connectivity index (χ0v) is 11.8. The first-order chi connectivity index (χ1) is 10.3. The standard InChI is InChI=1S/C14H17N5O2/c1-21-13-4-2-12(3-5-13)17-6-8-18(9-7-17)14(20)19-11-15-10-16-19/h2-5,10-11H,6-9H2,1H3. The minimum atomic E-state index is -0.123. The van der Waals surface area contributed by atoms with Crippen molar-refractivity contribution >= 4 is 11.7 Å². The second kappa shape index (κ2) is 5.82. The topological polar surface area (TPSA) is 63.5 Å². The Hall–Kier alpha value is -2.57. The summed E-state index contributed by atoms with van der Waals surface area (Å²) in [5.41, 5.74) is 1.14. The number of amides is 1. The van der Waals surface area contributed by atoms with Gasteiger partial charge < -0.3 is 14.5 Å². The fourth-order valence-corrected chi connectivity index (χ4v) is 2.40. The summed E-state index contributed by atoms with van der Waals surface area (Å²) in [6.07, 6.45) is 2.80. The maximum Gasteiger partial charge on any atom is 0.346 e. The van der Waals surface area contributed by atoms with Crippen LogP contribution in [0.25, 0.3) is 0 Å². The van der Waals surface area contributed by atoms with Crippen molar-refractivity contribution in [2.24, 2.45) is 0 Å². The highest BCUT2D eigenvalue weighted by Crippen LogP contribution is 2.20. The molecular formula is C14H17N5O2. The molecule has 110 valence electrons. The van der Waals surface area contributed by atoms with Gasteiger partial charge in [0.25, 0.3) is 0 Å². The molecule has 1 saturated heterocycles. The number of anilines is 1. The molecule has 2 aromatic rings. The molecule has 0 radical (unpaired) electrons. The molecule has 2 heterocycles. The Morgan fingerprint density at radius 3 is 2.43 bits per heavy atom. The number of carbonyl (C=O) groups is 1. The van der Waals surface area contributed by atoms with Crippen molar-refractivity contribution in [2.75, 3.05) is 38.2 Å². The van der Waals surface area contributed by atoms with E-state index in [2.05, 4.69) is 15.0 Å². The maximum atomic E-state index is 12.1. The largest absolute Gasteiger partial charge is 0.497 e. The molecule has 21 heavy (non-hydrogen) atoms. The lowest BCUT2D eigenvalue weighted by Gasteiger charge is -2.35. The number of methoxy groups -OCH3 is 1. The molecule has 1 aliphatic heterocycles. The van der Waals surface area contributed by atoms with E-state index in [9.17, 15) is 4.79 Å². The molecule has 1 aromatic carbocycles. The van der Waals surface area contributed by atoms with E-state index in [0.717, 1.165) is 24.5 Å². The first-order valence-corrected chi connectivity index (χ1v) is 6.81. The summed E-state index contributed by atoms with van der Waals surface area (Å²) in [7, 11) is 1.66. The highest BCUT2D eigenvalue weighted by molar-refractivity contribution is 5.76. The van der Waals surface area contributed by atoms with Gasteiger partial charge in [-0.3, -0.25) is 0 Å². The van der Waals surface area contributed by atoms with E-state index >= 15 is 0 Å². The number of piperazine rings is 1. The molecule has 1 amide bonds. The molecule has 0 unspecified atom stereocenters. The van der Waals surface area contributed by atoms with E-state index < -0.39 is 0 Å². The van der Waals surface area contributed by atoms with E-state index in [-0.39, 0.29) is 6.03 Å². The summed E-state index contributed by atoms with van der Waals surface area (Å²) in [5.74, 6) is 0.846. The van der Waals surface area contributed by atoms with E-state index in [4.69, 9.17) is 4.74 Å². The molecule has 1 aliphatic rings. The van der Waals surface area contributed by atoms with Gasteiger partial charge in [-0.1, -0.05) is 0 Å². The summed E-state index contributed by atoms with van der Waals surface area (Å²) in [4.78, 5) is 20.0. The Morgan fingerprint density at radius 2 is 1.86 bits per heavy atom. The summed E-state index contributed by atoms with van der Waals surface area (Å²) in [6.45, 7) is 2.94. The van der Waals surface area contributed by atoms with Crippen LogP contribution in [0.3, 0.4) is 0 Å². The van der Waals surface area contributed by atoms with E-state index in [1.54, 1.807) is 12.0 Å². The second-order valence-electron chi connectivity index (χ2n) is 4.79. The number of hydrogen-bond donors (Lipinski definition) is 0. The number of aromatic nitrogens is 3. The monoisotopic (exact) mass is 287 g/mol. The summed E-state index contributed by atoms with van der Waals surface area (Å²) in [5, 5.41) is 3.87. The summed E-state index contributed by atoms with van der Waals surface area (Å²) >= 11 is 0. The van der Waals surface area contributed by atoms with Gasteiger partial charge in [-0.25, -0.2) is 9.78 Å². The van der Waals surface area contributed by atoms with Gasteiger partial charge in [-0.2, -0.15) is 9.78 Å². The first-order valence-electron chi connectivity index (χ1n) is 6.81. The molecule has 0 N–H and O–H groups in total. The highest BCUT2D eigenvalue weighted by Gasteiger charge is 2.22. The number of ether oxygens (including phenoxy) is 1. The van der Waals surface area contributed by atoms with Gasteiger partial charge in [0.05, 0.1) is 7.11 Å². The second-order valence-corrected chi connectivity index (χ2v) is 4.79. The smallest absolute Gasteiger partial charge is 0.346 e. The molecule has 0 bridgehead atoms. The SMILES string of the molecule is COc1ccc(N2CCN(C(=O)n3cncn3)CC2)cc1. The van der Waals surface area contributed by atoms with Gasteiger partial charge in [-0.05, 0) is 24.3 Å². The quantitative estimate of drug-likeness (QED) is 0.827. The van der Waals surface area contributed by atoms with Crippen LogP contribution in [-0.4, -0.2) is 59.0 Å². The molecule has 7 nitrogen and oxygen atoms in total. The molecule has 1 aromatic heterocycles. The Morgan fingerprint density at radius 1 is 1.14 bits per heavy atom. The molecule has 0 saturated carbocycles. The van der Waals surface area contributed by atoms with Crippen molar-refractivity contribution in [2.45, 2.75) is 0 Å². The molecule has 0 aliphatic carbocycles. The van der Waals surface area contributed by atoms with Gasteiger partial charge in [-0.15, -0.1) is 0 Å². The maximum absolute atomic E-state index is 12.1. The Kier molecular flexibility index (Phi) is 3.72.